The van der Waals surface area contributed by atoms with Crippen LogP contribution in [0.1, 0.15) is 96.8 Å². The molecule has 7 N–H and O–H groups in total. The first-order chi connectivity index (χ1) is 20.4. The molecule has 3 heterocycles. The summed E-state index contributed by atoms with van der Waals surface area (Å²) in [5.74, 6) is -0.487. The molecule has 0 aliphatic carbocycles. The van der Waals surface area contributed by atoms with Crippen molar-refractivity contribution in [1.82, 2.24) is 30.6 Å². The van der Waals surface area contributed by atoms with Gasteiger partial charge in [0, 0.05) is 6.42 Å². The number of H-pyrrole nitrogens is 1. The smallest absolute Gasteiger partial charge is 0.239 e. The number of rotatable bonds is 20. The van der Waals surface area contributed by atoms with E-state index < -0.39 is 43.1 Å². The zero-order valence-corrected chi connectivity index (χ0v) is 24.8. The molecule has 0 radical (unpaired) electrons. The second-order valence-electron chi connectivity index (χ2n) is 11.1. The van der Waals surface area contributed by atoms with Gasteiger partial charge in [0.2, 0.25) is 11.8 Å². The Hall–Kier alpha value is -2.87. The minimum absolute atomic E-state index is 0.216. The summed E-state index contributed by atoms with van der Waals surface area (Å²) in [5, 5.41) is 39.3. The van der Waals surface area contributed by atoms with Crippen LogP contribution in [0.5, 0.6) is 0 Å². The van der Waals surface area contributed by atoms with Gasteiger partial charge in [-0.2, -0.15) is 0 Å². The van der Waals surface area contributed by atoms with Gasteiger partial charge >= 0.3 is 0 Å². The van der Waals surface area contributed by atoms with E-state index in [1.54, 1.807) is 0 Å². The highest BCUT2D eigenvalue weighted by atomic mass is 16.5. The fourth-order valence-electron chi connectivity index (χ4n) is 5.24. The molecule has 1 fully saturated rings. The second kappa shape index (κ2) is 18.6. The van der Waals surface area contributed by atoms with Gasteiger partial charge in [-0.15, -0.1) is 0 Å². The summed E-state index contributed by atoms with van der Waals surface area (Å²) in [6, 6.07) is -1.09. The SMILES string of the molecule is CCCCCCCCCCCCCCCC(=O)NCC(=O)N[C@@H]1[C@@H](O)[C@H](O)[C@@H](Nc2ncnc3nc[nH]c23)O[C@H]1CO. The minimum atomic E-state index is -1.46. The summed E-state index contributed by atoms with van der Waals surface area (Å²) in [4.78, 5) is 39.8. The van der Waals surface area contributed by atoms with Gasteiger partial charge in [0.15, 0.2) is 17.7 Å². The van der Waals surface area contributed by atoms with Gasteiger partial charge in [0.25, 0.3) is 0 Å². The van der Waals surface area contributed by atoms with Crippen LogP contribution < -0.4 is 16.0 Å². The van der Waals surface area contributed by atoms with E-state index >= 15 is 0 Å². The summed E-state index contributed by atoms with van der Waals surface area (Å²) in [7, 11) is 0. The van der Waals surface area contributed by atoms with Crippen LogP contribution in [0.25, 0.3) is 11.2 Å². The average Bonchev–Trinajstić information content (AvgIpc) is 3.48. The van der Waals surface area contributed by atoms with E-state index in [-0.39, 0.29) is 12.5 Å². The van der Waals surface area contributed by atoms with Crippen molar-refractivity contribution in [3.05, 3.63) is 12.7 Å². The number of aromatic nitrogens is 4. The van der Waals surface area contributed by atoms with Gasteiger partial charge in [-0.25, -0.2) is 15.0 Å². The third-order valence-corrected chi connectivity index (χ3v) is 7.71. The zero-order chi connectivity index (χ0) is 30.2. The number of nitrogens with zero attached hydrogens (tertiary/aromatic N) is 3. The molecular formula is C29H49N7O6. The number of nitrogens with one attached hydrogen (secondary N) is 4. The van der Waals surface area contributed by atoms with Gasteiger partial charge in [-0.05, 0) is 6.42 Å². The molecule has 3 rings (SSSR count). The Morgan fingerprint density at radius 2 is 1.52 bits per heavy atom. The van der Waals surface area contributed by atoms with Crippen molar-refractivity contribution in [3.8, 4) is 0 Å². The lowest BCUT2D eigenvalue weighted by Gasteiger charge is -2.42. The number of aliphatic hydroxyl groups excluding tert-OH is 3. The van der Waals surface area contributed by atoms with Crippen LogP contribution in [0.4, 0.5) is 5.82 Å². The van der Waals surface area contributed by atoms with E-state index in [9.17, 15) is 24.9 Å². The number of aromatic amines is 1. The van der Waals surface area contributed by atoms with E-state index in [0.29, 0.717) is 23.4 Å². The molecule has 1 aliphatic rings. The number of anilines is 1. The van der Waals surface area contributed by atoms with Crippen LogP contribution in [0.15, 0.2) is 12.7 Å². The molecule has 0 bridgehead atoms. The molecule has 1 aliphatic heterocycles. The van der Waals surface area contributed by atoms with Crippen molar-refractivity contribution in [3.63, 3.8) is 0 Å². The van der Waals surface area contributed by atoms with Gasteiger partial charge in [0.1, 0.15) is 30.2 Å². The van der Waals surface area contributed by atoms with Crippen LogP contribution in [0, 0.1) is 0 Å². The lowest BCUT2D eigenvalue weighted by molar-refractivity contribution is -0.185. The average molecular weight is 592 g/mol. The number of carbonyl (C=O) groups is 2. The van der Waals surface area contributed by atoms with Crippen molar-refractivity contribution in [2.24, 2.45) is 0 Å². The maximum atomic E-state index is 12.5. The van der Waals surface area contributed by atoms with Crippen LogP contribution in [0.2, 0.25) is 0 Å². The minimum Gasteiger partial charge on any atom is -0.394 e. The fourth-order valence-corrected chi connectivity index (χ4v) is 5.24. The Kier molecular flexibility index (Phi) is 14.9. The molecule has 2 amide bonds. The first kappa shape index (κ1) is 33.6. The number of carbonyl (C=O) groups excluding carboxylic acids is 2. The molecular weight excluding hydrogens is 542 g/mol. The standard InChI is InChI=1S/C29H49N7O6/c1-2-3-4-5-6-7-8-9-10-11-12-13-14-15-21(38)30-16-22(39)35-23-20(17-37)42-29(26(41)25(23)40)36-28-24-27(32-18-31-24)33-19-34-28/h18-20,23,25-26,29,37,40-41H,2-17H2,1H3,(H,30,38)(H,35,39)(H2,31,32,33,34,36)/t20-,23-,25+,26-,29-/m0/s1. The zero-order valence-electron chi connectivity index (χ0n) is 24.8. The number of fused-ring (bicyclic) bond motifs is 1. The highest BCUT2D eigenvalue weighted by Gasteiger charge is 2.45. The van der Waals surface area contributed by atoms with E-state index in [2.05, 4.69) is 42.8 Å². The summed E-state index contributed by atoms with van der Waals surface area (Å²) in [6.07, 6.45) is 13.9. The van der Waals surface area contributed by atoms with Crippen LogP contribution in [0.3, 0.4) is 0 Å². The predicted octanol–water partition coefficient (Wildman–Crippen LogP) is 2.29. The number of ether oxygens (including phenoxy) is 1. The first-order valence-corrected chi connectivity index (χ1v) is 15.5. The number of amides is 2. The van der Waals surface area contributed by atoms with Gasteiger partial charge < -0.3 is 41.0 Å². The molecule has 13 heteroatoms. The fraction of sp³-hybridized carbons (Fsp3) is 0.759. The van der Waals surface area contributed by atoms with Crippen molar-refractivity contribution in [1.29, 1.82) is 0 Å². The van der Waals surface area contributed by atoms with E-state index in [0.717, 1.165) is 19.3 Å². The van der Waals surface area contributed by atoms with Crippen LogP contribution in [-0.2, 0) is 14.3 Å². The maximum absolute atomic E-state index is 12.5. The second-order valence-corrected chi connectivity index (χ2v) is 11.1. The number of hydrogen-bond acceptors (Lipinski definition) is 10. The molecule has 0 saturated carbocycles. The molecule has 13 nitrogen and oxygen atoms in total. The Morgan fingerprint density at radius 3 is 2.17 bits per heavy atom. The monoisotopic (exact) mass is 591 g/mol. The van der Waals surface area contributed by atoms with E-state index in [1.807, 2.05) is 0 Å². The molecule has 5 atom stereocenters. The summed E-state index contributed by atoms with van der Waals surface area (Å²) >= 11 is 0. The summed E-state index contributed by atoms with van der Waals surface area (Å²) in [6.45, 7) is 1.43. The quantitative estimate of drug-likeness (QED) is 0.112. The molecule has 0 unspecified atom stereocenters. The third kappa shape index (κ3) is 10.8. The molecule has 42 heavy (non-hydrogen) atoms. The van der Waals surface area contributed by atoms with Crippen molar-refractivity contribution >= 4 is 28.8 Å². The molecule has 0 aromatic carbocycles. The molecule has 2 aromatic rings. The highest BCUT2D eigenvalue weighted by Crippen LogP contribution is 2.24. The maximum Gasteiger partial charge on any atom is 0.239 e. The first-order valence-electron chi connectivity index (χ1n) is 15.5. The number of imidazole rings is 1. The van der Waals surface area contributed by atoms with Crippen molar-refractivity contribution < 1.29 is 29.6 Å². The number of hydrogen-bond donors (Lipinski definition) is 7. The summed E-state index contributed by atoms with van der Waals surface area (Å²) < 4.78 is 5.75. The molecule has 236 valence electrons. The largest absolute Gasteiger partial charge is 0.394 e. The van der Waals surface area contributed by atoms with Gasteiger partial charge in [0.05, 0.1) is 25.5 Å². The van der Waals surface area contributed by atoms with E-state index in [4.69, 9.17) is 4.74 Å². The third-order valence-electron chi connectivity index (χ3n) is 7.71. The van der Waals surface area contributed by atoms with Crippen LogP contribution in [-0.4, -0.2) is 90.8 Å². The Morgan fingerprint density at radius 1 is 0.881 bits per heavy atom. The lowest BCUT2D eigenvalue weighted by atomic mass is 9.95. The van der Waals surface area contributed by atoms with E-state index in [1.165, 1.54) is 76.9 Å². The molecule has 1 saturated heterocycles. The molecule has 2 aromatic heterocycles. The number of aliphatic hydroxyl groups is 3. The lowest BCUT2D eigenvalue weighted by Crippen LogP contribution is -2.66. The predicted molar refractivity (Wildman–Crippen MR) is 158 cm³/mol. The Labute approximate surface area is 247 Å². The van der Waals surface area contributed by atoms with Crippen molar-refractivity contribution in [2.75, 3.05) is 18.5 Å². The number of unbranched alkanes of at least 4 members (excludes halogenated alkanes) is 12. The topological polar surface area (TPSA) is 195 Å². The van der Waals surface area contributed by atoms with Gasteiger partial charge in [-0.1, -0.05) is 84.0 Å². The Bertz CT molecular complexity index is 1070. The highest BCUT2D eigenvalue weighted by molar-refractivity contribution is 5.85. The van der Waals surface area contributed by atoms with Crippen molar-refractivity contribution in [2.45, 2.75) is 127 Å². The van der Waals surface area contributed by atoms with Crippen LogP contribution >= 0.6 is 0 Å². The summed E-state index contributed by atoms with van der Waals surface area (Å²) in [5.41, 5.74) is 0.881. The van der Waals surface area contributed by atoms with Gasteiger partial charge in [-0.3, -0.25) is 9.59 Å². The Balaban J connectivity index is 1.29. The normalized spacial score (nSPS) is 22.2. The molecule has 0 spiro atoms.